The fraction of sp³-hybridized carbons (Fsp3) is 0.533. The Morgan fingerprint density at radius 2 is 2.00 bits per heavy atom. The zero-order valence-electron chi connectivity index (χ0n) is 12.3. The van der Waals surface area contributed by atoms with Gasteiger partial charge in [-0.25, -0.2) is 8.42 Å². The predicted molar refractivity (Wildman–Crippen MR) is 84.4 cm³/mol. The third-order valence-electron chi connectivity index (χ3n) is 3.59. The summed E-state index contributed by atoms with van der Waals surface area (Å²) in [6.07, 6.45) is 2.14. The van der Waals surface area contributed by atoms with Crippen LogP contribution in [0.4, 0.5) is 5.69 Å². The zero-order valence-corrected chi connectivity index (χ0v) is 13.1. The summed E-state index contributed by atoms with van der Waals surface area (Å²) in [5.41, 5.74) is 1.49. The van der Waals surface area contributed by atoms with E-state index < -0.39 is 9.84 Å². The van der Waals surface area contributed by atoms with Gasteiger partial charge in [0.05, 0.1) is 11.5 Å². The molecule has 0 bridgehead atoms. The molecule has 0 radical (unpaired) electrons. The molecule has 0 saturated carbocycles. The first-order valence-corrected chi connectivity index (χ1v) is 9.17. The summed E-state index contributed by atoms with van der Waals surface area (Å²) in [6.45, 7) is 2.67. The fourth-order valence-electron chi connectivity index (χ4n) is 2.36. The lowest BCUT2D eigenvalue weighted by Gasteiger charge is -2.24. The third-order valence-corrected chi connectivity index (χ3v) is 5.30. The number of amides is 1. The van der Waals surface area contributed by atoms with Gasteiger partial charge in [0.1, 0.15) is 9.84 Å². The maximum absolute atomic E-state index is 11.9. The Morgan fingerprint density at radius 1 is 1.29 bits per heavy atom. The van der Waals surface area contributed by atoms with Crippen molar-refractivity contribution in [3.8, 4) is 0 Å². The summed E-state index contributed by atoms with van der Waals surface area (Å²) in [5, 5.41) is 6.17. The van der Waals surface area contributed by atoms with Crippen LogP contribution in [0, 0.1) is 0 Å². The van der Waals surface area contributed by atoms with Crippen molar-refractivity contribution >= 4 is 21.4 Å². The quantitative estimate of drug-likeness (QED) is 0.870. The highest BCUT2D eigenvalue weighted by molar-refractivity contribution is 7.91. The topological polar surface area (TPSA) is 75.3 Å². The second kappa shape index (κ2) is 6.93. The highest BCUT2D eigenvalue weighted by Gasteiger charge is 2.23. The minimum Gasteiger partial charge on any atom is -0.382 e. The van der Waals surface area contributed by atoms with Crippen LogP contribution >= 0.6 is 0 Å². The van der Waals surface area contributed by atoms with E-state index in [1.165, 1.54) is 0 Å². The van der Waals surface area contributed by atoms with Crippen molar-refractivity contribution in [2.45, 2.75) is 32.2 Å². The van der Waals surface area contributed by atoms with Crippen molar-refractivity contribution in [1.29, 1.82) is 0 Å². The van der Waals surface area contributed by atoms with E-state index in [0.717, 1.165) is 12.1 Å². The van der Waals surface area contributed by atoms with E-state index in [1.807, 2.05) is 25.1 Å². The standard InChI is InChI=1S/C15H22N2O3S/c1-2-8-16-15(18)12-4-3-5-14(11-12)17-13-6-9-21(19,20)10-7-13/h3-5,11,13,17H,2,6-10H2,1H3,(H,16,18). The van der Waals surface area contributed by atoms with Gasteiger partial charge >= 0.3 is 0 Å². The van der Waals surface area contributed by atoms with Gasteiger partial charge < -0.3 is 10.6 Å². The average Bonchev–Trinajstić information content (AvgIpc) is 2.47. The number of nitrogens with one attached hydrogen (secondary N) is 2. The van der Waals surface area contributed by atoms with E-state index >= 15 is 0 Å². The van der Waals surface area contributed by atoms with E-state index in [1.54, 1.807) is 6.07 Å². The molecule has 116 valence electrons. The number of hydrogen-bond donors (Lipinski definition) is 2. The molecule has 1 aromatic carbocycles. The van der Waals surface area contributed by atoms with E-state index in [2.05, 4.69) is 10.6 Å². The lowest BCUT2D eigenvalue weighted by atomic mass is 10.1. The summed E-state index contributed by atoms with van der Waals surface area (Å²) in [4.78, 5) is 11.9. The maximum Gasteiger partial charge on any atom is 0.251 e. The number of benzene rings is 1. The third kappa shape index (κ3) is 4.74. The zero-order chi connectivity index (χ0) is 15.3. The average molecular weight is 310 g/mol. The van der Waals surface area contributed by atoms with Crippen molar-refractivity contribution in [3.63, 3.8) is 0 Å². The van der Waals surface area contributed by atoms with Crippen molar-refractivity contribution in [2.24, 2.45) is 0 Å². The number of carbonyl (C=O) groups excluding carboxylic acids is 1. The number of carbonyl (C=O) groups is 1. The summed E-state index contributed by atoms with van der Waals surface area (Å²) in [5.74, 6) is 0.398. The molecule has 1 heterocycles. The number of hydrogen-bond acceptors (Lipinski definition) is 4. The largest absolute Gasteiger partial charge is 0.382 e. The molecular weight excluding hydrogens is 288 g/mol. The molecule has 0 spiro atoms. The van der Waals surface area contributed by atoms with Crippen LogP contribution in [0.3, 0.4) is 0 Å². The molecule has 1 saturated heterocycles. The van der Waals surface area contributed by atoms with Gasteiger partial charge in [-0.3, -0.25) is 4.79 Å². The SMILES string of the molecule is CCCNC(=O)c1cccc(NC2CCS(=O)(=O)CC2)c1. The molecule has 1 aliphatic heterocycles. The minimum atomic E-state index is -2.84. The summed E-state index contributed by atoms with van der Waals surface area (Å²) < 4.78 is 22.8. The highest BCUT2D eigenvalue weighted by Crippen LogP contribution is 2.18. The van der Waals surface area contributed by atoms with E-state index in [4.69, 9.17) is 0 Å². The van der Waals surface area contributed by atoms with Crippen molar-refractivity contribution < 1.29 is 13.2 Å². The van der Waals surface area contributed by atoms with Gasteiger partial charge in [-0.1, -0.05) is 13.0 Å². The van der Waals surface area contributed by atoms with Gasteiger partial charge in [0.25, 0.3) is 5.91 Å². The van der Waals surface area contributed by atoms with Gasteiger partial charge in [0, 0.05) is 23.8 Å². The van der Waals surface area contributed by atoms with Crippen LogP contribution in [0.5, 0.6) is 0 Å². The molecule has 2 rings (SSSR count). The van der Waals surface area contributed by atoms with E-state index in [-0.39, 0.29) is 23.5 Å². The monoisotopic (exact) mass is 310 g/mol. The lowest BCUT2D eigenvalue weighted by Crippen LogP contribution is -2.32. The van der Waals surface area contributed by atoms with Gasteiger partial charge in [-0.2, -0.15) is 0 Å². The van der Waals surface area contributed by atoms with Gasteiger partial charge in [0.15, 0.2) is 0 Å². The Balaban J connectivity index is 1.97. The molecule has 2 N–H and O–H groups in total. The minimum absolute atomic E-state index is 0.0771. The Bertz CT molecular complexity index is 585. The number of rotatable bonds is 5. The molecule has 0 unspecified atom stereocenters. The predicted octanol–water partition coefficient (Wildman–Crippen LogP) is 1.82. The molecule has 1 aromatic rings. The molecule has 0 aromatic heterocycles. The Labute approximate surface area is 126 Å². The molecule has 0 atom stereocenters. The molecule has 1 amide bonds. The Morgan fingerprint density at radius 3 is 2.67 bits per heavy atom. The van der Waals surface area contributed by atoms with E-state index in [0.29, 0.717) is 24.9 Å². The first-order valence-electron chi connectivity index (χ1n) is 7.35. The normalized spacial score (nSPS) is 18.1. The summed E-state index contributed by atoms with van der Waals surface area (Å²) in [6, 6.07) is 7.49. The van der Waals surface area contributed by atoms with Gasteiger partial charge in [-0.05, 0) is 37.5 Å². The first-order chi connectivity index (χ1) is 10.00. The molecule has 1 aliphatic rings. The Kier molecular flexibility index (Phi) is 5.22. The van der Waals surface area contributed by atoms with Gasteiger partial charge in [0.2, 0.25) is 0 Å². The smallest absolute Gasteiger partial charge is 0.251 e. The fourth-order valence-corrected chi connectivity index (χ4v) is 3.85. The van der Waals surface area contributed by atoms with Gasteiger partial charge in [-0.15, -0.1) is 0 Å². The lowest BCUT2D eigenvalue weighted by molar-refractivity contribution is 0.0953. The number of anilines is 1. The Hall–Kier alpha value is -1.56. The second-order valence-corrected chi connectivity index (χ2v) is 7.71. The molecule has 0 aliphatic carbocycles. The van der Waals surface area contributed by atoms with Crippen LogP contribution in [0.25, 0.3) is 0 Å². The van der Waals surface area contributed by atoms with Crippen LogP contribution in [-0.2, 0) is 9.84 Å². The second-order valence-electron chi connectivity index (χ2n) is 5.41. The molecule has 5 nitrogen and oxygen atoms in total. The summed E-state index contributed by atoms with van der Waals surface area (Å²) >= 11 is 0. The molecule has 21 heavy (non-hydrogen) atoms. The van der Waals surface area contributed by atoms with Crippen molar-refractivity contribution in [1.82, 2.24) is 5.32 Å². The van der Waals surface area contributed by atoms with Crippen LogP contribution in [0.15, 0.2) is 24.3 Å². The maximum atomic E-state index is 11.9. The van der Waals surface area contributed by atoms with Crippen molar-refractivity contribution in [3.05, 3.63) is 29.8 Å². The number of sulfone groups is 1. The molecule has 6 heteroatoms. The van der Waals surface area contributed by atoms with E-state index in [9.17, 15) is 13.2 Å². The molecular formula is C15H22N2O3S. The summed E-state index contributed by atoms with van der Waals surface area (Å²) in [7, 11) is -2.84. The van der Waals surface area contributed by atoms with Crippen LogP contribution in [0.2, 0.25) is 0 Å². The highest BCUT2D eigenvalue weighted by atomic mass is 32.2. The van der Waals surface area contributed by atoms with Crippen molar-refractivity contribution in [2.75, 3.05) is 23.4 Å². The molecule has 1 fully saturated rings. The van der Waals surface area contributed by atoms with Crippen LogP contribution in [-0.4, -0.2) is 38.4 Å². The van der Waals surface area contributed by atoms with Crippen LogP contribution in [0.1, 0.15) is 36.5 Å². The van der Waals surface area contributed by atoms with Crippen LogP contribution < -0.4 is 10.6 Å². The first kappa shape index (κ1) is 15.8.